The number of hydrogen-bond acceptors (Lipinski definition) is 13. The predicted octanol–water partition coefficient (Wildman–Crippen LogP) is 10.2. The third kappa shape index (κ3) is 12.3. The highest BCUT2D eigenvalue weighted by molar-refractivity contribution is 8.76. The van der Waals surface area contributed by atoms with Gasteiger partial charge in [-0.15, -0.1) is 0 Å². The van der Waals surface area contributed by atoms with Crippen LogP contribution in [-0.2, 0) is 9.47 Å². The number of anilines is 1. The zero-order valence-corrected chi connectivity index (χ0v) is 34.1. The van der Waals surface area contributed by atoms with Crippen LogP contribution in [0.2, 0.25) is 0 Å². The van der Waals surface area contributed by atoms with Gasteiger partial charge in [-0.3, -0.25) is 5.32 Å². The van der Waals surface area contributed by atoms with Gasteiger partial charge in [-0.05, 0) is 71.3 Å². The third-order valence-corrected chi connectivity index (χ3v) is 10.5. The van der Waals surface area contributed by atoms with Crippen molar-refractivity contribution in [1.29, 1.82) is 5.26 Å². The second-order valence-corrected chi connectivity index (χ2v) is 14.6. The summed E-state index contributed by atoms with van der Waals surface area (Å²) in [7, 11) is 9.04. The molecule has 0 fully saturated rings. The van der Waals surface area contributed by atoms with Gasteiger partial charge in [-0.1, -0.05) is 76.2 Å². The number of carbonyl (C=O) groups is 2. The summed E-state index contributed by atoms with van der Waals surface area (Å²) >= 11 is 0. The SMILES string of the molecule is [C-]#[N+]/C(C#N)=C1C=C(/C=C/c2ccc(NC(=O)OCCSSCCOC(=O)Oc3cc(/C=C\c4cc(OC)c(OC)c(OC)c4)ccc3OC)cc2)Oc2ccccc2/1. The molecule has 0 aliphatic carbocycles. The molecule has 0 saturated heterocycles. The molecule has 4 aromatic carbocycles. The number of benzene rings is 4. The number of nitriles is 1. The van der Waals surface area contributed by atoms with Crippen LogP contribution in [0.5, 0.6) is 34.5 Å². The van der Waals surface area contributed by atoms with Crippen LogP contribution >= 0.6 is 21.6 Å². The van der Waals surface area contributed by atoms with Crippen molar-refractivity contribution in [2.45, 2.75) is 0 Å². The Morgan fingerprint density at radius 2 is 1.39 bits per heavy atom. The maximum Gasteiger partial charge on any atom is 0.514 e. The molecule has 0 aromatic heterocycles. The quantitative estimate of drug-likeness (QED) is 0.0205. The van der Waals surface area contributed by atoms with Crippen LogP contribution in [0, 0.1) is 17.9 Å². The summed E-state index contributed by atoms with van der Waals surface area (Å²) in [6.45, 7) is 7.65. The van der Waals surface area contributed by atoms with Crippen molar-refractivity contribution in [3.8, 4) is 40.6 Å². The van der Waals surface area contributed by atoms with Gasteiger partial charge in [-0.2, -0.15) is 0 Å². The number of allylic oxidation sites excluding steroid dienone is 4. The van der Waals surface area contributed by atoms with Gasteiger partial charge in [0.25, 0.3) is 5.70 Å². The van der Waals surface area contributed by atoms with Crippen molar-refractivity contribution < 1.29 is 47.5 Å². The van der Waals surface area contributed by atoms with Crippen molar-refractivity contribution in [2.24, 2.45) is 0 Å². The van der Waals surface area contributed by atoms with Gasteiger partial charge in [0, 0.05) is 28.3 Å². The molecule has 0 unspecified atom stereocenters. The summed E-state index contributed by atoms with van der Waals surface area (Å²) in [5, 5.41) is 12.1. The Morgan fingerprint density at radius 3 is 2.05 bits per heavy atom. The van der Waals surface area contributed by atoms with Crippen molar-refractivity contribution >= 4 is 63.3 Å². The Labute approximate surface area is 350 Å². The number of amides is 1. The van der Waals surface area contributed by atoms with Gasteiger partial charge < -0.3 is 37.9 Å². The Morgan fingerprint density at radius 1 is 0.763 bits per heavy atom. The molecule has 1 heterocycles. The minimum absolute atomic E-state index is 0.0159. The van der Waals surface area contributed by atoms with E-state index in [4.69, 9.17) is 44.5 Å². The number of nitrogens with one attached hydrogen (secondary N) is 1. The van der Waals surface area contributed by atoms with Crippen LogP contribution in [0.15, 0.2) is 102 Å². The Hall–Kier alpha value is -6.94. The lowest BCUT2D eigenvalue weighted by Gasteiger charge is -2.18. The average Bonchev–Trinajstić information content (AvgIpc) is 3.26. The van der Waals surface area contributed by atoms with Crippen LogP contribution in [0.4, 0.5) is 15.3 Å². The van der Waals surface area contributed by atoms with Gasteiger partial charge in [0.05, 0.1) is 41.1 Å². The van der Waals surface area contributed by atoms with E-state index in [9.17, 15) is 14.9 Å². The van der Waals surface area contributed by atoms with Crippen molar-refractivity contribution in [3.63, 3.8) is 0 Å². The molecule has 302 valence electrons. The fourth-order valence-electron chi connectivity index (χ4n) is 5.42. The Bertz CT molecular complexity index is 2300. The van der Waals surface area contributed by atoms with Gasteiger partial charge in [0.1, 0.15) is 24.7 Å². The number of fused-ring (bicyclic) bond motifs is 1. The van der Waals surface area contributed by atoms with Crippen LogP contribution in [0.25, 0.3) is 28.6 Å². The normalized spacial score (nSPS) is 12.5. The van der Waals surface area contributed by atoms with E-state index in [2.05, 4.69) is 10.2 Å². The van der Waals surface area contributed by atoms with E-state index >= 15 is 0 Å². The summed E-state index contributed by atoms with van der Waals surface area (Å²) < 4.78 is 43.5. The van der Waals surface area contributed by atoms with E-state index in [1.165, 1.54) is 28.7 Å². The minimum Gasteiger partial charge on any atom is -0.493 e. The number of para-hydroxylation sites is 1. The molecular weight excluding hydrogens is 795 g/mol. The number of nitrogens with zero attached hydrogens (tertiary/aromatic N) is 2. The lowest BCUT2D eigenvalue weighted by molar-refractivity contribution is 0.104. The highest BCUT2D eigenvalue weighted by Crippen LogP contribution is 2.39. The second-order valence-electron chi connectivity index (χ2n) is 11.9. The van der Waals surface area contributed by atoms with Crippen LogP contribution in [0.1, 0.15) is 22.3 Å². The van der Waals surface area contributed by atoms with Gasteiger partial charge >= 0.3 is 12.2 Å². The fourth-order valence-corrected chi connectivity index (χ4v) is 7.07. The lowest BCUT2D eigenvalue weighted by Crippen LogP contribution is -2.15. The second kappa shape index (κ2) is 22.1. The zero-order valence-electron chi connectivity index (χ0n) is 32.5. The first-order valence-corrected chi connectivity index (χ1v) is 20.3. The monoisotopic (exact) mass is 833 g/mol. The van der Waals surface area contributed by atoms with E-state index in [0.717, 1.165) is 16.7 Å². The minimum atomic E-state index is -0.871. The highest BCUT2D eigenvalue weighted by atomic mass is 33.1. The number of carbonyl (C=O) groups excluding carboxylic acids is 2. The smallest absolute Gasteiger partial charge is 0.493 e. The molecule has 1 N–H and O–H groups in total. The van der Waals surface area contributed by atoms with Crippen molar-refractivity contribution in [2.75, 3.05) is 58.5 Å². The molecule has 4 aromatic rings. The largest absolute Gasteiger partial charge is 0.514 e. The highest BCUT2D eigenvalue weighted by Gasteiger charge is 2.19. The summed E-state index contributed by atoms with van der Waals surface area (Å²) in [4.78, 5) is 28.2. The summed E-state index contributed by atoms with van der Waals surface area (Å²) in [5.74, 6) is 4.14. The fraction of sp³-hybridized carbons (Fsp3) is 0.182. The number of methoxy groups -OCH3 is 4. The van der Waals surface area contributed by atoms with Crippen LogP contribution in [0.3, 0.4) is 0 Å². The lowest BCUT2D eigenvalue weighted by atomic mass is 9.99. The topological polar surface area (TPSA) is 148 Å². The van der Waals surface area contributed by atoms with E-state index in [-0.39, 0.29) is 24.7 Å². The summed E-state index contributed by atoms with van der Waals surface area (Å²) in [5.41, 5.74) is 4.11. The van der Waals surface area contributed by atoms with Crippen molar-refractivity contribution in [3.05, 3.63) is 136 Å². The van der Waals surface area contributed by atoms with Gasteiger partial charge in [0.15, 0.2) is 23.0 Å². The Balaban J connectivity index is 0.992. The van der Waals surface area contributed by atoms with E-state index < -0.39 is 12.2 Å². The van der Waals surface area contributed by atoms with Crippen LogP contribution < -0.4 is 33.7 Å². The van der Waals surface area contributed by atoms with Gasteiger partial charge in [0.2, 0.25) is 5.75 Å². The first kappa shape index (κ1) is 43.2. The maximum atomic E-state index is 12.5. The van der Waals surface area contributed by atoms with Crippen molar-refractivity contribution in [1.82, 2.24) is 0 Å². The average molecular weight is 834 g/mol. The van der Waals surface area contributed by atoms with E-state index in [1.807, 2.05) is 66.8 Å². The number of ether oxygens (including phenoxy) is 8. The molecule has 0 atom stereocenters. The molecular formula is C44H39N3O10S2. The number of rotatable bonds is 17. The molecule has 13 nitrogen and oxygen atoms in total. The molecule has 1 amide bonds. The number of hydrogen-bond donors (Lipinski definition) is 1. The summed E-state index contributed by atoms with van der Waals surface area (Å²) in [6.07, 6.45) is 7.47. The molecule has 0 bridgehead atoms. The zero-order chi connectivity index (χ0) is 42.0. The maximum absolute atomic E-state index is 12.5. The first-order chi connectivity index (χ1) is 28.8. The van der Waals surface area contributed by atoms with E-state index in [1.54, 1.807) is 69.9 Å². The predicted molar refractivity (Wildman–Crippen MR) is 230 cm³/mol. The van der Waals surface area contributed by atoms with Gasteiger partial charge in [-0.25, -0.2) is 19.7 Å². The first-order valence-electron chi connectivity index (χ1n) is 17.8. The molecule has 15 heteroatoms. The molecule has 1 aliphatic heterocycles. The standard InChI is InChI=1S/C44H39N3O10S2/c1-46-36(28-45)35-27-33(56-37-9-7-6-8-34(35)37)18-14-29-12-16-32(17-13-29)47-43(48)54-20-22-58-59-23-21-55-44(49)57-39-24-30(15-19-38(39)50-2)10-11-31-25-40(51-3)42(53-5)41(26-31)52-4/h6-19,24-27H,20-23H2,2-5H3,(H,47,48)/b11-10-,18-14+,36-35-. The molecule has 0 spiro atoms. The Kier molecular flexibility index (Phi) is 16.2. The van der Waals surface area contributed by atoms with Crippen LogP contribution in [-0.4, -0.2) is 65.4 Å². The molecule has 1 aliphatic rings. The molecule has 5 rings (SSSR count). The molecule has 0 radical (unpaired) electrons. The van der Waals surface area contributed by atoms with E-state index in [0.29, 0.717) is 62.8 Å². The third-order valence-electron chi connectivity index (χ3n) is 8.17. The molecule has 0 saturated carbocycles. The molecule has 59 heavy (non-hydrogen) atoms. The summed E-state index contributed by atoms with van der Waals surface area (Å²) in [6, 6.07) is 25.1.